The van der Waals surface area contributed by atoms with Crippen LogP contribution in [0.2, 0.25) is 5.02 Å². The van der Waals surface area contributed by atoms with Gasteiger partial charge in [0.05, 0.1) is 12.7 Å². The fourth-order valence-electron chi connectivity index (χ4n) is 1.96. The van der Waals surface area contributed by atoms with Crippen molar-refractivity contribution in [3.05, 3.63) is 70.8 Å². The summed E-state index contributed by atoms with van der Waals surface area (Å²) < 4.78 is 5.57. The summed E-state index contributed by atoms with van der Waals surface area (Å²) in [5.74, 6) is 0.619. The molecule has 0 saturated carbocycles. The second-order valence-corrected chi connectivity index (χ2v) is 5.33. The lowest BCUT2D eigenvalue weighted by Gasteiger charge is -2.05. The van der Waals surface area contributed by atoms with Crippen LogP contribution >= 0.6 is 11.6 Å². The van der Waals surface area contributed by atoms with Gasteiger partial charge in [0.25, 0.3) is 0 Å². The zero-order valence-corrected chi connectivity index (χ0v) is 13.3. The minimum atomic E-state index is -0.104. The van der Waals surface area contributed by atoms with Crippen LogP contribution in [0.3, 0.4) is 0 Å². The Balaban J connectivity index is 1.99. The number of allylic oxidation sites excluding steroid dienone is 1. The van der Waals surface area contributed by atoms with Crippen LogP contribution in [0.25, 0.3) is 6.08 Å². The first kappa shape index (κ1) is 16.8. The number of nitrogens with zero attached hydrogens (tertiary/aromatic N) is 1. The number of halogens is 1. The first-order chi connectivity index (χ1) is 11.2. The fourth-order valence-corrected chi connectivity index (χ4v) is 2.15. The Hall–Kier alpha value is -2.57. The maximum absolute atomic E-state index is 12.1. The van der Waals surface area contributed by atoms with E-state index in [2.05, 4.69) is 6.07 Å². The first-order valence-electron chi connectivity index (χ1n) is 7.27. The normalized spacial score (nSPS) is 10.4. The summed E-state index contributed by atoms with van der Waals surface area (Å²) in [6.07, 6.45) is 4.43. The van der Waals surface area contributed by atoms with E-state index in [0.717, 1.165) is 11.3 Å². The Labute approximate surface area is 140 Å². The summed E-state index contributed by atoms with van der Waals surface area (Å²) in [4.78, 5) is 12.1. The monoisotopic (exact) mass is 325 g/mol. The maximum Gasteiger partial charge on any atom is 0.185 e. The minimum absolute atomic E-state index is 0.104. The predicted molar refractivity (Wildman–Crippen MR) is 91.6 cm³/mol. The van der Waals surface area contributed by atoms with E-state index in [0.29, 0.717) is 30.0 Å². The van der Waals surface area contributed by atoms with E-state index in [9.17, 15) is 4.79 Å². The molecule has 0 aromatic heterocycles. The molecule has 0 saturated heterocycles. The standard InChI is InChI=1S/C19H16ClNO2/c20-17-7-4-6-16(14-17)19(22)10-9-15-5-3-8-18(13-15)23-12-2-1-11-21/h3-10,13-14H,1-2,12H2/b10-9+. The molecule has 0 unspecified atom stereocenters. The molecule has 2 aromatic rings. The smallest absolute Gasteiger partial charge is 0.185 e. The summed E-state index contributed by atoms with van der Waals surface area (Å²) in [5.41, 5.74) is 1.43. The van der Waals surface area contributed by atoms with Gasteiger partial charge in [-0.1, -0.05) is 41.9 Å². The Morgan fingerprint density at radius 3 is 2.83 bits per heavy atom. The summed E-state index contributed by atoms with van der Waals surface area (Å²) in [7, 11) is 0. The number of benzene rings is 2. The van der Waals surface area contributed by atoms with E-state index < -0.39 is 0 Å². The number of nitriles is 1. The number of hydrogen-bond donors (Lipinski definition) is 0. The number of carbonyl (C=O) groups is 1. The lowest BCUT2D eigenvalue weighted by Crippen LogP contribution is -1.96. The van der Waals surface area contributed by atoms with Gasteiger partial charge in [0, 0.05) is 17.0 Å². The molecule has 4 heteroatoms. The van der Waals surface area contributed by atoms with Crippen LogP contribution < -0.4 is 4.74 Å². The van der Waals surface area contributed by atoms with Gasteiger partial charge in [0.1, 0.15) is 5.75 Å². The molecule has 2 rings (SSSR count). The van der Waals surface area contributed by atoms with Crippen molar-refractivity contribution in [3.63, 3.8) is 0 Å². The third kappa shape index (κ3) is 5.61. The third-order valence-corrected chi connectivity index (χ3v) is 3.33. The molecule has 0 aliphatic heterocycles. The number of hydrogen-bond acceptors (Lipinski definition) is 3. The molecule has 0 aliphatic carbocycles. The molecule has 0 heterocycles. The molecule has 116 valence electrons. The van der Waals surface area contributed by atoms with Crippen molar-refractivity contribution in [1.82, 2.24) is 0 Å². The SMILES string of the molecule is N#CCCCOc1cccc(/C=C/C(=O)c2cccc(Cl)c2)c1. The Bertz CT molecular complexity index is 747. The number of ether oxygens (including phenoxy) is 1. The number of unbranched alkanes of at least 4 members (excludes halogenated alkanes) is 1. The minimum Gasteiger partial charge on any atom is -0.494 e. The third-order valence-electron chi connectivity index (χ3n) is 3.10. The summed E-state index contributed by atoms with van der Waals surface area (Å²) in [6, 6.07) is 16.4. The van der Waals surface area contributed by atoms with Crippen molar-refractivity contribution in [1.29, 1.82) is 5.26 Å². The predicted octanol–water partition coefficient (Wildman–Crippen LogP) is 4.92. The highest BCUT2D eigenvalue weighted by Crippen LogP contribution is 2.16. The molecular formula is C19H16ClNO2. The molecule has 0 amide bonds. The average molecular weight is 326 g/mol. The van der Waals surface area contributed by atoms with Crippen molar-refractivity contribution in [2.45, 2.75) is 12.8 Å². The van der Waals surface area contributed by atoms with Crippen molar-refractivity contribution >= 4 is 23.5 Å². The zero-order valence-electron chi connectivity index (χ0n) is 12.5. The highest BCUT2D eigenvalue weighted by atomic mass is 35.5. The van der Waals surface area contributed by atoms with Crippen molar-refractivity contribution in [2.75, 3.05) is 6.61 Å². The van der Waals surface area contributed by atoms with Gasteiger partial charge in [0.15, 0.2) is 5.78 Å². The molecule has 0 radical (unpaired) electrons. The van der Waals surface area contributed by atoms with Gasteiger partial charge in [-0.25, -0.2) is 0 Å². The van der Waals surface area contributed by atoms with Crippen LogP contribution in [-0.4, -0.2) is 12.4 Å². The lowest BCUT2D eigenvalue weighted by atomic mass is 10.1. The molecular weight excluding hydrogens is 310 g/mol. The van der Waals surface area contributed by atoms with Gasteiger partial charge in [0.2, 0.25) is 0 Å². The van der Waals surface area contributed by atoms with Gasteiger partial charge in [-0.3, -0.25) is 4.79 Å². The molecule has 2 aromatic carbocycles. The van der Waals surface area contributed by atoms with Crippen LogP contribution in [0.5, 0.6) is 5.75 Å². The van der Waals surface area contributed by atoms with Crippen molar-refractivity contribution in [3.8, 4) is 11.8 Å². The van der Waals surface area contributed by atoms with E-state index in [1.165, 1.54) is 6.08 Å². The van der Waals surface area contributed by atoms with E-state index in [1.54, 1.807) is 30.3 Å². The largest absolute Gasteiger partial charge is 0.494 e. The average Bonchev–Trinajstić information content (AvgIpc) is 2.57. The molecule has 0 spiro atoms. The Kier molecular flexibility index (Phi) is 6.40. The van der Waals surface area contributed by atoms with E-state index in [-0.39, 0.29) is 5.78 Å². The second-order valence-electron chi connectivity index (χ2n) is 4.89. The molecule has 0 bridgehead atoms. The van der Waals surface area contributed by atoms with Crippen LogP contribution in [0.1, 0.15) is 28.8 Å². The number of ketones is 1. The molecule has 3 nitrogen and oxygen atoms in total. The molecule has 0 atom stereocenters. The van der Waals surface area contributed by atoms with Gasteiger partial charge < -0.3 is 4.74 Å². The lowest BCUT2D eigenvalue weighted by molar-refractivity contribution is 0.104. The van der Waals surface area contributed by atoms with Gasteiger partial charge in [-0.15, -0.1) is 0 Å². The maximum atomic E-state index is 12.1. The molecule has 23 heavy (non-hydrogen) atoms. The number of carbonyl (C=O) groups excluding carboxylic acids is 1. The Morgan fingerprint density at radius 2 is 2.04 bits per heavy atom. The van der Waals surface area contributed by atoms with Crippen LogP contribution in [0, 0.1) is 11.3 Å². The van der Waals surface area contributed by atoms with E-state index >= 15 is 0 Å². The Morgan fingerprint density at radius 1 is 1.22 bits per heavy atom. The van der Waals surface area contributed by atoms with E-state index in [4.69, 9.17) is 21.6 Å². The van der Waals surface area contributed by atoms with Crippen LogP contribution in [0.15, 0.2) is 54.6 Å². The molecule has 0 fully saturated rings. The van der Waals surface area contributed by atoms with Crippen LogP contribution in [-0.2, 0) is 0 Å². The topological polar surface area (TPSA) is 50.1 Å². The van der Waals surface area contributed by atoms with Gasteiger partial charge in [-0.2, -0.15) is 5.26 Å². The highest BCUT2D eigenvalue weighted by molar-refractivity contribution is 6.31. The summed E-state index contributed by atoms with van der Waals surface area (Å²) in [6.45, 7) is 0.502. The van der Waals surface area contributed by atoms with E-state index in [1.807, 2.05) is 24.3 Å². The van der Waals surface area contributed by atoms with Gasteiger partial charge >= 0.3 is 0 Å². The quantitative estimate of drug-likeness (QED) is 0.412. The highest BCUT2D eigenvalue weighted by Gasteiger charge is 2.02. The molecule has 0 N–H and O–H groups in total. The van der Waals surface area contributed by atoms with Gasteiger partial charge in [-0.05, 0) is 42.3 Å². The summed E-state index contributed by atoms with van der Waals surface area (Å²) >= 11 is 5.88. The fraction of sp³-hybridized carbons (Fsp3) is 0.158. The van der Waals surface area contributed by atoms with Crippen molar-refractivity contribution in [2.24, 2.45) is 0 Å². The molecule has 0 aliphatic rings. The van der Waals surface area contributed by atoms with Crippen LogP contribution in [0.4, 0.5) is 0 Å². The zero-order chi connectivity index (χ0) is 16.5. The number of rotatable bonds is 7. The van der Waals surface area contributed by atoms with Crippen molar-refractivity contribution < 1.29 is 9.53 Å². The second kappa shape index (κ2) is 8.77. The first-order valence-corrected chi connectivity index (χ1v) is 7.64. The summed E-state index contributed by atoms with van der Waals surface area (Å²) in [5, 5.41) is 9.02.